The lowest BCUT2D eigenvalue weighted by Crippen LogP contribution is -2.25. The fourth-order valence-corrected chi connectivity index (χ4v) is 2.46. The maximum Gasteiger partial charge on any atom is 0.292 e. The van der Waals surface area contributed by atoms with Gasteiger partial charge in [0, 0.05) is 24.4 Å². The van der Waals surface area contributed by atoms with Crippen molar-refractivity contribution in [2.45, 2.75) is 38.4 Å². The standard InChI is InChI=1S/C14H19BrN2O3/c1-4-6-13(17(19)20)14-11(9-12(15)5-2)7-8-16(14)10(3)18/h4,6,9,12H,5,7-8H2,1-3H3/b6-4-,11-9-,14-13-. The van der Waals surface area contributed by atoms with E-state index in [1.165, 1.54) is 17.9 Å². The van der Waals surface area contributed by atoms with E-state index in [-0.39, 0.29) is 16.4 Å². The number of carbonyl (C=O) groups excluding carboxylic acids is 1. The van der Waals surface area contributed by atoms with Gasteiger partial charge in [0.2, 0.25) is 5.91 Å². The number of hydrogen-bond donors (Lipinski definition) is 0. The Labute approximate surface area is 127 Å². The lowest BCUT2D eigenvalue weighted by atomic mass is 10.1. The van der Waals surface area contributed by atoms with Crippen LogP contribution in [0.1, 0.15) is 33.6 Å². The second kappa shape index (κ2) is 7.38. The van der Waals surface area contributed by atoms with Crippen LogP contribution in [0.2, 0.25) is 0 Å². The second-order valence-electron chi connectivity index (χ2n) is 4.53. The van der Waals surface area contributed by atoms with Crippen LogP contribution in [-0.2, 0) is 4.79 Å². The molecule has 6 heteroatoms. The van der Waals surface area contributed by atoms with Gasteiger partial charge in [-0.05, 0) is 25.3 Å². The van der Waals surface area contributed by atoms with Crippen molar-refractivity contribution in [3.8, 4) is 0 Å². The Morgan fingerprint density at radius 2 is 2.25 bits per heavy atom. The Morgan fingerprint density at radius 1 is 1.60 bits per heavy atom. The molecule has 0 aromatic rings. The van der Waals surface area contributed by atoms with Gasteiger partial charge >= 0.3 is 0 Å². The van der Waals surface area contributed by atoms with Crippen LogP contribution in [0.15, 0.2) is 35.2 Å². The van der Waals surface area contributed by atoms with Crippen molar-refractivity contribution in [2.75, 3.05) is 6.54 Å². The predicted molar refractivity (Wildman–Crippen MR) is 81.9 cm³/mol. The maximum atomic E-state index is 11.7. The third-order valence-corrected chi connectivity index (χ3v) is 4.01. The molecule has 1 rings (SSSR count). The molecule has 0 bridgehead atoms. The van der Waals surface area contributed by atoms with Crippen molar-refractivity contribution in [2.24, 2.45) is 0 Å². The molecule has 1 atom stereocenters. The molecular weight excluding hydrogens is 324 g/mol. The van der Waals surface area contributed by atoms with E-state index >= 15 is 0 Å². The minimum Gasteiger partial charge on any atom is -0.306 e. The van der Waals surface area contributed by atoms with Crippen LogP contribution in [0, 0.1) is 10.1 Å². The summed E-state index contributed by atoms with van der Waals surface area (Å²) in [5, 5.41) is 11.3. The molecule has 1 unspecified atom stereocenters. The smallest absolute Gasteiger partial charge is 0.292 e. The van der Waals surface area contributed by atoms with E-state index in [1.54, 1.807) is 13.0 Å². The van der Waals surface area contributed by atoms with E-state index in [1.807, 2.05) is 13.0 Å². The van der Waals surface area contributed by atoms with Gasteiger partial charge in [-0.3, -0.25) is 14.9 Å². The van der Waals surface area contributed by atoms with E-state index in [2.05, 4.69) is 15.9 Å². The number of likely N-dealkylation sites (tertiary alicyclic amines) is 1. The summed E-state index contributed by atoms with van der Waals surface area (Å²) < 4.78 is 0. The number of nitrogens with zero attached hydrogens (tertiary/aromatic N) is 2. The van der Waals surface area contributed by atoms with Gasteiger partial charge in [-0.2, -0.15) is 0 Å². The highest BCUT2D eigenvalue weighted by Crippen LogP contribution is 2.32. The molecule has 1 heterocycles. The highest BCUT2D eigenvalue weighted by atomic mass is 79.9. The Bertz CT molecular complexity index is 495. The zero-order valence-corrected chi connectivity index (χ0v) is 13.5. The van der Waals surface area contributed by atoms with E-state index in [0.717, 1.165) is 12.0 Å². The number of amides is 1. The van der Waals surface area contributed by atoms with E-state index in [9.17, 15) is 14.9 Å². The van der Waals surface area contributed by atoms with Gasteiger partial charge in [-0.25, -0.2) is 0 Å². The van der Waals surface area contributed by atoms with Crippen LogP contribution < -0.4 is 0 Å². The number of hydrogen-bond acceptors (Lipinski definition) is 3. The summed E-state index contributed by atoms with van der Waals surface area (Å²) in [5.41, 5.74) is 1.26. The first kappa shape index (κ1) is 16.6. The van der Waals surface area contributed by atoms with Gasteiger partial charge in [0.15, 0.2) is 0 Å². The molecule has 0 saturated carbocycles. The molecule has 1 saturated heterocycles. The molecule has 5 nitrogen and oxygen atoms in total. The molecule has 1 aliphatic heterocycles. The molecule has 1 aliphatic rings. The Kier molecular flexibility index (Phi) is 6.13. The third kappa shape index (κ3) is 3.79. The molecule has 110 valence electrons. The largest absolute Gasteiger partial charge is 0.306 e. The minimum absolute atomic E-state index is 0.0257. The molecule has 0 radical (unpaired) electrons. The summed E-state index contributed by atoms with van der Waals surface area (Å²) in [4.78, 5) is 24.2. The van der Waals surface area contributed by atoms with Gasteiger partial charge in [0.25, 0.3) is 5.70 Å². The molecule has 0 aromatic carbocycles. The summed E-state index contributed by atoms with van der Waals surface area (Å²) in [7, 11) is 0. The van der Waals surface area contributed by atoms with Crippen molar-refractivity contribution in [3.63, 3.8) is 0 Å². The number of carbonyl (C=O) groups is 1. The number of nitro groups is 1. The van der Waals surface area contributed by atoms with Gasteiger partial charge < -0.3 is 4.90 Å². The first-order valence-corrected chi connectivity index (χ1v) is 7.48. The molecule has 1 amide bonds. The normalized spacial score (nSPS) is 21.6. The number of halogens is 1. The first-order valence-electron chi connectivity index (χ1n) is 6.56. The highest BCUT2D eigenvalue weighted by Gasteiger charge is 2.32. The van der Waals surface area contributed by atoms with Crippen molar-refractivity contribution < 1.29 is 9.72 Å². The van der Waals surface area contributed by atoms with Gasteiger partial charge in [0.05, 0.1) is 4.92 Å². The van der Waals surface area contributed by atoms with Crippen molar-refractivity contribution in [3.05, 3.63) is 45.3 Å². The van der Waals surface area contributed by atoms with Crippen molar-refractivity contribution in [1.29, 1.82) is 0 Å². The fourth-order valence-electron chi connectivity index (χ4n) is 2.14. The van der Waals surface area contributed by atoms with Crippen molar-refractivity contribution >= 4 is 21.8 Å². The zero-order chi connectivity index (χ0) is 15.3. The number of alkyl halides is 1. The van der Waals surface area contributed by atoms with Crippen LogP contribution in [0.25, 0.3) is 0 Å². The Balaban J connectivity index is 3.41. The summed E-state index contributed by atoms with van der Waals surface area (Å²) >= 11 is 3.51. The topological polar surface area (TPSA) is 63.5 Å². The first-order chi connectivity index (χ1) is 9.42. The molecule has 0 spiro atoms. The average Bonchev–Trinajstić information content (AvgIpc) is 2.78. The van der Waals surface area contributed by atoms with Crippen LogP contribution in [0.3, 0.4) is 0 Å². The van der Waals surface area contributed by atoms with E-state index in [4.69, 9.17) is 0 Å². The van der Waals surface area contributed by atoms with Gasteiger partial charge in [-0.1, -0.05) is 35.0 Å². The van der Waals surface area contributed by atoms with E-state index < -0.39 is 4.92 Å². The minimum atomic E-state index is -0.431. The molecule has 0 aliphatic carbocycles. The Hall–Kier alpha value is -1.43. The molecule has 20 heavy (non-hydrogen) atoms. The number of allylic oxidation sites excluding steroid dienone is 4. The summed E-state index contributed by atoms with van der Waals surface area (Å²) in [5.74, 6) is -0.171. The average molecular weight is 343 g/mol. The summed E-state index contributed by atoms with van der Waals surface area (Å²) in [6.07, 6.45) is 6.55. The van der Waals surface area contributed by atoms with E-state index in [0.29, 0.717) is 18.7 Å². The molecule has 0 N–H and O–H groups in total. The van der Waals surface area contributed by atoms with Crippen LogP contribution in [0.5, 0.6) is 0 Å². The lowest BCUT2D eigenvalue weighted by Gasteiger charge is -2.15. The van der Waals surface area contributed by atoms with Crippen LogP contribution in [-0.4, -0.2) is 27.1 Å². The summed E-state index contributed by atoms with van der Waals surface area (Å²) in [6.45, 7) is 5.67. The quantitative estimate of drug-likeness (QED) is 0.446. The third-order valence-electron chi connectivity index (χ3n) is 3.09. The predicted octanol–water partition coefficient (Wildman–Crippen LogP) is 3.40. The fraction of sp³-hybridized carbons (Fsp3) is 0.500. The molecular formula is C14H19BrN2O3. The Morgan fingerprint density at radius 3 is 2.70 bits per heavy atom. The zero-order valence-electron chi connectivity index (χ0n) is 11.9. The molecule has 0 aromatic heterocycles. The van der Waals surface area contributed by atoms with Gasteiger partial charge in [-0.15, -0.1) is 0 Å². The van der Waals surface area contributed by atoms with Crippen LogP contribution in [0.4, 0.5) is 0 Å². The van der Waals surface area contributed by atoms with Gasteiger partial charge in [0.1, 0.15) is 5.70 Å². The lowest BCUT2D eigenvalue weighted by molar-refractivity contribution is -0.420. The number of rotatable bonds is 4. The summed E-state index contributed by atoms with van der Waals surface area (Å²) in [6, 6.07) is 0. The van der Waals surface area contributed by atoms with Crippen molar-refractivity contribution in [1.82, 2.24) is 4.90 Å². The molecule has 1 fully saturated rings. The van der Waals surface area contributed by atoms with Crippen LogP contribution >= 0.6 is 15.9 Å². The maximum absolute atomic E-state index is 11.7. The SMILES string of the molecule is C\C=C/C(=C1\C(=C/C(Br)CC)CCN1C(C)=O)[N+](=O)[O-]. The monoisotopic (exact) mass is 342 g/mol. The highest BCUT2D eigenvalue weighted by molar-refractivity contribution is 9.09. The second-order valence-corrected chi connectivity index (χ2v) is 5.70.